The largest absolute Gasteiger partial charge is 0.387 e. The summed E-state index contributed by atoms with van der Waals surface area (Å²) in [5.41, 5.74) is 2.95. The van der Waals surface area contributed by atoms with Gasteiger partial charge in [0, 0.05) is 26.3 Å². The summed E-state index contributed by atoms with van der Waals surface area (Å²) in [7, 11) is 1.80. The van der Waals surface area contributed by atoms with Crippen molar-refractivity contribution in [2.45, 2.75) is 6.04 Å². The highest BCUT2D eigenvalue weighted by atomic mass is 16.3. The lowest BCUT2D eigenvalue weighted by Gasteiger charge is -2.44. The molecule has 5 heteroatoms. The predicted octanol–water partition coefficient (Wildman–Crippen LogP) is -1.23. The summed E-state index contributed by atoms with van der Waals surface area (Å²) in [6.07, 6.45) is 1.69. The molecule has 1 aliphatic heterocycles. The van der Waals surface area contributed by atoms with Crippen LogP contribution < -0.4 is 5.43 Å². The molecule has 0 saturated carbocycles. The fourth-order valence-electron chi connectivity index (χ4n) is 1.36. The maximum atomic E-state index is 11.0. The number of nitrogens with zero attached hydrogens (tertiary/aromatic N) is 2. The molecule has 1 saturated heterocycles. The van der Waals surface area contributed by atoms with Gasteiger partial charge >= 0.3 is 0 Å². The van der Waals surface area contributed by atoms with Crippen LogP contribution in [0.25, 0.3) is 0 Å². The van der Waals surface area contributed by atoms with E-state index in [4.69, 9.17) is 5.11 Å². The lowest BCUT2D eigenvalue weighted by molar-refractivity contribution is -0.141. The number of amides is 1. The molecule has 1 amide bonds. The Bertz CT molecular complexity index is 202. The Morgan fingerprint density at radius 2 is 2.46 bits per heavy atom. The number of aliphatic hydroxyl groups excluding tert-OH is 1. The first kappa shape index (κ1) is 10.0. The maximum Gasteiger partial charge on any atom is 0.248 e. The third-order valence-corrected chi connectivity index (χ3v) is 2.20. The van der Waals surface area contributed by atoms with Crippen LogP contribution in [0.4, 0.5) is 0 Å². The summed E-state index contributed by atoms with van der Waals surface area (Å²) in [6, 6.07) is 0.276. The van der Waals surface area contributed by atoms with Crippen molar-refractivity contribution in [1.82, 2.24) is 15.3 Å². The third kappa shape index (κ3) is 1.99. The second kappa shape index (κ2) is 4.25. The Morgan fingerprint density at radius 3 is 2.85 bits per heavy atom. The van der Waals surface area contributed by atoms with Crippen LogP contribution in [-0.4, -0.2) is 53.7 Å². The Hall–Kier alpha value is -1.07. The Morgan fingerprint density at radius 1 is 1.85 bits per heavy atom. The molecule has 0 aromatic rings. The van der Waals surface area contributed by atoms with E-state index in [-0.39, 0.29) is 11.9 Å². The van der Waals surface area contributed by atoms with Crippen LogP contribution in [0.1, 0.15) is 0 Å². The number of hydrazine groups is 1. The van der Waals surface area contributed by atoms with E-state index in [0.29, 0.717) is 13.1 Å². The lowest BCUT2D eigenvalue weighted by Crippen LogP contribution is -2.62. The van der Waals surface area contributed by atoms with Crippen molar-refractivity contribution in [1.29, 1.82) is 0 Å². The van der Waals surface area contributed by atoms with Crippen molar-refractivity contribution in [3.05, 3.63) is 12.8 Å². The van der Waals surface area contributed by atoms with Crippen molar-refractivity contribution in [3.63, 3.8) is 0 Å². The standard InChI is InChI=1S/C8H15N3O2/c1-3-11(9-2)7-4-10(5-7)8(13)6-12/h3,7,9,12H,1,4-6H2,2H3. The Kier molecular flexibility index (Phi) is 3.27. The van der Waals surface area contributed by atoms with Gasteiger partial charge < -0.3 is 15.0 Å². The lowest BCUT2D eigenvalue weighted by atomic mass is 10.1. The zero-order valence-electron chi connectivity index (χ0n) is 7.73. The highest BCUT2D eigenvalue weighted by molar-refractivity contribution is 5.78. The average Bonchev–Trinajstić information content (AvgIpc) is 2.09. The fourth-order valence-corrected chi connectivity index (χ4v) is 1.36. The number of carbonyl (C=O) groups excluding carboxylic acids is 1. The Labute approximate surface area is 77.6 Å². The van der Waals surface area contributed by atoms with Gasteiger partial charge in [-0.3, -0.25) is 4.79 Å². The monoisotopic (exact) mass is 185 g/mol. The molecule has 0 spiro atoms. The van der Waals surface area contributed by atoms with Gasteiger partial charge in [0.15, 0.2) is 0 Å². The second-order valence-electron chi connectivity index (χ2n) is 2.92. The van der Waals surface area contributed by atoms with E-state index in [2.05, 4.69) is 12.0 Å². The van der Waals surface area contributed by atoms with Crippen LogP contribution in [0.5, 0.6) is 0 Å². The highest BCUT2D eigenvalue weighted by Crippen LogP contribution is 2.12. The van der Waals surface area contributed by atoms with Crippen LogP contribution in [0.2, 0.25) is 0 Å². The summed E-state index contributed by atoms with van der Waals surface area (Å²) in [6.45, 7) is 4.52. The van der Waals surface area contributed by atoms with Gasteiger partial charge in [0.1, 0.15) is 6.61 Å². The number of likely N-dealkylation sites (tertiary alicyclic amines) is 1. The first-order chi connectivity index (χ1) is 6.22. The molecule has 0 aromatic heterocycles. The van der Waals surface area contributed by atoms with Gasteiger partial charge in [-0.05, 0) is 0 Å². The van der Waals surface area contributed by atoms with Gasteiger partial charge in [0.05, 0.1) is 6.04 Å². The van der Waals surface area contributed by atoms with Gasteiger partial charge in [-0.25, -0.2) is 5.43 Å². The molecular weight excluding hydrogens is 170 g/mol. The number of aliphatic hydroxyl groups is 1. The van der Waals surface area contributed by atoms with E-state index in [1.54, 1.807) is 18.1 Å². The zero-order chi connectivity index (χ0) is 9.84. The van der Waals surface area contributed by atoms with E-state index in [1.165, 1.54) is 0 Å². The van der Waals surface area contributed by atoms with E-state index in [0.717, 1.165) is 0 Å². The Balaban J connectivity index is 2.32. The first-order valence-electron chi connectivity index (χ1n) is 4.19. The molecular formula is C8H15N3O2. The minimum atomic E-state index is -0.402. The van der Waals surface area contributed by atoms with E-state index < -0.39 is 6.61 Å². The molecule has 1 fully saturated rings. The molecule has 1 heterocycles. The van der Waals surface area contributed by atoms with Gasteiger partial charge in [0.25, 0.3) is 0 Å². The van der Waals surface area contributed by atoms with Crippen molar-refractivity contribution >= 4 is 5.91 Å². The molecule has 0 radical (unpaired) electrons. The predicted molar refractivity (Wildman–Crippen MR) is 48.5 cm³/mol. The minimum absolute atomic E-state index is 0.212. The summed E-state index contributed by atoms with van der Waals surface area (Å²) in [5, 5.41) is 10.4. The van der Waals surface area contributed by atoms with Crippen molar-refractivity contribution in [3.8, 4) is 0 Å². The molecule has 1 aliphatic rings. The number of hydrogen-bond acceptors (Lipinski definition) is 4. The molecule has 74 valence electrons. The van der Waals surface area contributed by atoms with E-state index in [9.17, 15) is 4.79 Å². The van der Waals surface area contributed by atoms with Gasteiger partial charge in [-0.1, -0.05) is 6.58 Å². The molecule has 0 bridgehead atoms. The van der Waals surface area contributed by atoms with Crippen LogP contribution in [0.15, 0.2) is 12.8 Å². The molecule has 13 heavy (non-hydrogen) atoms. The molecule has 1 rings (SSSR count). The minimum Gasteiger partial charge on any atom is -0.387 e. The topological polar surface area (TPSA) is 55.8 Å². The fraction of sp³-hybridized carbons (Fsp3) is 0.625. The van der Waals surface area contributed by atoms with Crippen LogP contribution in [0, 0.1) is 0 Å². The summed E-state index contributed by atoms with van der Waals surface area (Å²) >= 11 is 0. The van der Waals surface area contributed by atoms with Crippen molar-refractivity contribution in [2.75, 3.05) is 26.7 Å². The first-order valence-corrected chi connectivity index (χ1v) is 4.19. The molecule has 0 aromatic carbocycles. The van der Waals surface area contributed by atoms with Crippen molar-refractivity contribution in [2.24, 2.45) is 0 Å². The van der Waals surface area contributed by atoms with E-state index in [1.807, 2.05) is 5.01 Å². The second-order valence-corrected chi connectivity index (χ2v) is 2.92. The maximum absolute atomic E-state index is 11.0. The highest BCUT2D eigenvalue weighted by Gasteiger charge is 2.32. The van der Waals surface area contributed by atoms with E-state index >= 15 is 0 Å². The smallest absolute Gasteiger partial charge is 0.248 e. The molecule has 2 N–H and O–H groups in total. The normalized spacial score (nSPS) is 16.6. The zero-order valence-corrected chi connectivity index (χ0v) is 7.73. The summed E-state index contributed by atoms with van der Waals surface area (Å²) in [4.78, 5) is 12.6. The van der Waals surface area contributed by atoms with Crippen LogP contribution in [-0.2, 0) is 4.79 Å². The number of rotatable bonds is 4. The van der Waals surface area contributed by atoms with Crippen LogP contribution in [0.3, 0.4) is 0 Å². The molecule has 5 nitrogen and oxygen atoms in total. The van der Waals surface area contributed by atoms with Gasteiger partial charge in [0.2, 0.25) is 5.91 Å². The third-order valence-electron chi connectivity index (χ3n) is 2.20. The van der Waals surface area contributed by atoms with Crippen molar-refractivity contribution < 1.29 is 9.90 Å². The van der Waals surface area contributed by atoms with Gasteiger partial charge in [-0.2, -0.15) is 0 Å². The number of nitrogens with one attached hydrogen (secondary N) is 1. The van der Waals surface area contributed by atoms with Crippen LogP contribution >= 0.6 is 0 Å². The summed E-state index contributed by atoms with van der Waals surface area (Å²) in [5.74, 6) is -0.212. The quantitative estimate of drug-likeness (QED) is 0.538. The summed E-state index contributed by atoms with van der Waals surface area (Å²) < 4.78 is 0. The van der Waals surface area contributed by atoms with Gasteiger partial charge in [-0.15, -0.1) is 0 Å². The number of hydrogen-bond donors (Lipinski definition) is 2. The molecule has 0 unspecified atom stereocenters. The average molecular weight is 185 g/mol. The number of carbonyl (C=O) groups is 1. The molecule has 0 aliphatic carbocycles. The SMILES string of the molecule is C=CN(NC)C1CN(C(=O)CO)C1. The molecule has 0 atom stereocenters.